The Kier molecular flexibility index (Phi) is 11.1. The highest BCUT2D eigenvalue weighted by Gasteiger charge is 2.47. The number of hydrogen-bond donors (Lipinski definition) is 1. The summed E-state index contributed by atoms with van der Waals surface area (Å²) in [5.41, 5.74) is 7.36. The minimum atomic E-state index is -0.643. The van der Waals surface area contributed by atoms with Crippen LogP contribution in [0.5, 0.6) is 0 Å². The lowest BCUT2D eigenvalue weighted by atomic mass is 9.93. The van der Waals surface area contributed by atoms with Crippen LogP contribution in [0.1, 0.15) is 47.9 Å². The maximum atomic E-state index is 14.1. The molecule has 3 amide bonds. The minimum absolute atomic E-state index is 0.0846. The first-order chi connectivity index (χ1) is 30.1. The maximum Gasteiger partial charge on any atom is 0.305 e. The molecule has 0 radical (unpaired) electrons. The largest absolute Gasteiger partial charge is 0.497 e. The molecule has 0 spiro atoms. The average molecular weight is 840 g/mol. The van der Waals surface area contributed by atoms with Gasteiger partial charge in [0.1, 0.15) is 30.8 Å². The molecule has 6 aliphatic rings. The van der Waals surface area contributed by atoms with E-state index in [1.54, 1.807) is 31.3 Å². The second-order valence-electron chi connectivity index (χ2n) is 16.3. The van der Waals surface area contributed by atoms with Gasteiger partial charge in [0, 0.05) is 86.3 Å². The highest BCUT2D eigenvalue weighted by atomic mass is 16.5. The molecule has 14 nitrogen and oxygen atoms in total. The summed E-state index contributed by atoms with van der Waals surface area (Å²) in [6, 6.07) is 20.4. The number of benzene rings is 3. The number of carbonyl (C=O) groups excluding carboxylic acids is 4. The number of hydrogen-bond acceptors (Lipinski definition) is 11. The molecule has 3 aromatic rings. The second kappa shape index (κ2) is 16.9. The topological polar surface area (TPSA) is 149 Å². The van der Waals surface area contributed by atoms with E-state index >= 15 is 0 Å². The number of ether oxygens (including phenoxy) is 5. The molecule has 1 N–H and O–H groups in total. The van der Waals surface area contributed by atoms with Crippen LogP contribution in [0.2, 0.25) is 0 Å². The molecule has 62 heavy (non-hydrogen) atoms. The lowest BCUT2D eigenvalue weighted by Gasteiger charge is -2.28. The van der Waals surface area contributed by atoms with Gasteiger partial charge in [-0.15, -0.1) is 0 Å². The van der Waals surface area contributed by atoms with E-state index < -0.39 is 18.0 Å². The van der Waals surface area contributed by atoms with Gasteiger partial charge in [-0.25, -0.2) is 0 Å². The van der Waals surface area contributed by atoms with Gasteiger partial charge in [0.15, 0.2) is 11.5 Å². The van der Waals surface area contributed by atoms with Crippen molar-refractivity contribution < 1.29 is 42.9 Å². The number of fused-ring (bicyclic) bond motifs is 8. The molecular formula is C48H49N5O9. The molecule has 1 fully saturated rings. The molecule has 4 atom stereocenters. The Balaban J connectivity index is 0.951. The number of aliphatic imine (C=N–C) groups is 1. The molecule has 0 saturated carbocycles. The molecule has 0 bridgehead atoms. The molecule has 2 unspecified atom stereocenters. The Labute approximate surface area is 360 Å². The molecule has 2 aliphatic carbocycles. The number of esters is 1. The standard InChI is InChI=1S/C48H49N5O9/c1-51(15-9-14-45(54)60-4)32-17-28(26-61-43-23-36-34(21-41(43)58-2)47(56)52-33(25-49-36)19-30-10-5-7-12-38(30)52)16-29(18-32)27-62-44-24-37-35(22-42(44)59-3)48(57)53-39-13-8-6-11-31(39)20-40(53)46(55)50-37/h5-8,10-13,16-18,21,24-25,33,35-36,40H,9,14-15,19-20,22-23,26-27H2,1-4H3,(H,50,55)/t33-,35?,36?,40-/m0/s1. The van der Waals surface area contributed by atoms with Crippen molar-refractivity contribution in [2.75, 3.05) is 49.6 Å². The Morgan fingerprint density at radius 2 is 1.52 bits per heavy atom. The summed E-state index contributed by atoms with van der Waals surface area (Å²) in [6.45, 7) is 0.905. The lowest BCUT2D eigenvalue weighted by molar-refractivity contribution is -0.140. The number of rotatable bonds is 13. The van der Waals surface area contributed by atoms with Gasteiger partial charge in [0.2, 0.25) is 11.8 Å². The number of nitrogens with zero attached hydrogens (tertiary/aromatic N) is 4. The molecule has 1 saturated heterocycles. The van der Waals surface area contributed by atoms with Gasteiger partial charge in [-0.05, 0) is 65.1 Å². The summed E-state index contributed by atoms with van der Waals surface area (Å²) in [5.74, 6) is 0.587. The number of nitrogens with one attached hydrogen (secondary N) is 1. The molecule has 9 rings (SSSR count). The predicted molar refractivity (Wildman–Crippen MR) is 231 cm³/mol. The van der Waals surface area contributed by atoms with Crippen molar-refractivity contribution >= 4 is 47.0 Å². The fourth-order valence-electron chi connectivity index (χ4n) is 9.26. The van der Waals surface area contributed by atoms with Crippen molar-refractivity contribution in [3.05, 3.63) is 135 Å². The number of anilines is 3. The number of allylic oxidation sites excluding steroid dienone is 3. The lowest BCUT2D eigenvalue weighted by Crippen LogP contribution is -2.44. The fourth-order valence-corrected chi connectivity index (χ4v) is 9.26. The number of methoxy groups -OCH3 is 3. The minimum Gasteiger partial charge on any atom is -0.497 e. The molecule has 3 aromatic carbocycles. The third kappa shape index (κ3) is 7.58. The first kappa shape index (κ1) is 40.6. The van der Waals surface area contributed by atoms with Crippen LogP contribution in [0.25, 0.3) is 0 Å². The molecule has 4 aliphatic heterocycles. The van der Waals surface area contributed by atoms with E-state index in [0.717, 1.165) is 39.3 Å². The second-order valence-corrected chi connectivity index (χ2v) is 16.3. The average Bonchev–Trinajstić information content (AvgIpc) is 3.81. The molecule has 4 heterocycles. The maximum absolute atomic E-state index is 14.1. The Bertz CT molecular complexity index is 2500. The number of carbonyl (C=O) groups is 4. The summed E-state index contributed by atoms with van der Waals surface area (Å²) in [7, 11) is 6.46. The predicted octanol–water partition coefficient (Wildman–Crippen LogP) is 5.56. The van der Waals surface area contributed by atoms with Crippen LogP contribution in [0.4, 0.5) is 17.1 Å². The van der Waals surface area contributed by atoms with Crippen molar-refractivity contribution in [2.45, 2.75) is 69.9 Å². The third-order valence-electron chi connectivity index (χ3n) is 12.5. The van der Waals surface area contributed by atoms with Gasteiger partial charge in [-0.3, -0.25) is 34.0 Å². The summed E-state index contributed by atoms with van der Waals surface area (Å²) in [5, 5.41) is 3.03. The fraction of sp³-hybridized carbons (Fsp3) is 0.354. The van der Waals surface area contributed by atoms with Gasteiger partial charge in [0.25, 0.3) is 5.91 Å². The Morgan fingerprint density at radius 3 is 2.24 bits per heavy atom. The summed E-state index contributed by atoms with van der Waals surface area (Å²) in [4.78, 5) is 64.0. The molecule has 0 aromatic heterocycles. The van der Waals surface area contributed by atoms with Crippen LogP contribution < -0.4 is 20.0 Å². The molecule has 14 heteroatoms. The van der Waals surface area contributed by atoms with E-state index in [0.29, 0.717) is 66.5 Å². The van der Waals surface area contributed by atoms with Gasteiger partial charge >= 0.3 is 5.97 Å². The monoisotopic (exact) mass is 839 g/mol. The van der Waals surface area contributed by atoms with Gasteiger partial charge < -0.3 is 33.9 Å². The van der Waals surface area contributed by atoms with Crippen molar-refractivity contribution in [2.24, 2.45) is 10.9 Å². The van der Waals surface area contributed by atoms with E-state index in [4.69, 9.17) is 28.7 Å². The molecular weight excluding hydrogens is 791 g/mol. The van der Waals surface area contributed by atoms with Gasteiger partial charge in [-0.2, -0.15) is 0 Å². The van der Waals surface area contributed by atoms with E-state index in [1.807, 2.05) is 78.8 Å². The van der Waals surface area contributed by atoms with Gasteiger partial charge in [-0.1, -0.05) is 36.4 Å². The van der Waals surface area contributed by atoms with E-state index in [2.05, 4.69) is 16.3 Å². The Morgan fingerprint density at radius 1 is 0.806 bits per heavy atom. The van der Waals surface area contributed by atoms with Crippen molar-refractivity contribution in [3.8, 4) is 0 Å². The van der Waals surface area contributed by atoms with Crippen molar-refractivity contribution in [3.63, 3.8) is 0 Å². The number of para-hydroxylation sites is 2. The van der Waals surface area contributed by atoms with Crippen molar-refractivity contribution in [1.82, 2.24) is 5.32 Å². The van der Waals surface area contributed by atoms with E-state index in [-0.39, 0.29) is 55.8 Å². The SMILES string of the molecule is COC(=O)CCCN(C)c1cc(COC2=C(OC)CC3C(=O)N4c5ccccc5C[C@H]4C(=O)NC3=C2)cc(COC2=C(OC)C=C3C(=O)N4c5ccccc5C[C@H]4C=NC3C2)c1. The zero-order valence-electron chi connectivity index (χ0n) is 35.2. The first-order valence-electron chi connectivity index (χ1n) is 20.9. The van der Waals surface area contributed by atoms with Crippen LogP contribution in [0, 0.1) is 5.92 Å². The molecule has 320 valence electrons. The van der Waals surface area contributed by atoms with E-state index in [9.17, 15) is 19.2 Å². The first-order valence-corrected chi connectivity index (χ1v) is 20.9. The van der Waals surface area contributed by atoms with Crippen LogP contribution >= 0.6 is 0 Å². The van der Waals surface area contributed by atoms with E-state index in [1.165, 1.54) is 7.11 Å². The van der Waals surface area contributed by atoms with Crippen LogP contribution in [-0.2, 0) is 68.9 Å². The van der Waals surface area contributed by atoms with Crippen LogP contribution in [0.15, 0.2) is 118 Å². The van der Waals surface area contributed by atoms with Crippen LogP contribution in [-0.4, -0.2) is 83.0 Å². The highest BCUT2D eigenvalue weighted by Crippen LogP contribution is 2.41. The summed E-state index contributed by atoms with van der Waals surface area (Å²) >= 11 is 0. The van der Waals surface area contributed by atoms with Crippen molar-refractivity contribution in [1.29, 1.82) is 0 Å². The normalized spacial score (nSPS) is 22.2. The zero-order valence-corrected chi connectivity index (χ0v) is 35.2. The zero-order chi connectivity index (χ0) is 43.1. The third-order valence-corrected chi connectivity index (χ3v) is 12.5. The number of amides is 3. The quantitative estimate of drug-likeness (QED) is 0.217. The smallest absolute Gasteiger partial charge is 0.305 e. The van der Waals surface area contributed by atoms with Crippen LogP contribution in [0.3, 0.4) is 0 Å². The van der Waals surface area contributed by atoms with Gasteiger partial charge in [0.05, 0.1) is 39.3 Å². The summed E-state index contributed by atoms with van der Waals surface area (Å²) in [6.07, 6.45) is 7.97. The highest BCUT2D eigenvalue weighted by molar-refractivity contribution is 6.12. The summed E-state index contributed by atoms with van der Waals surface area (Å²) < 4.78 is 29.4. The Hall–Kier alpha value is -6.83.